The fourth-order valence-corrected chi connectivity index (χ4v) is 3.16. The third-order valence-electron chi connectivity index (χ3n) is 4.60. The molecule has 0 bridgehead atoms. The molecule has 0 saturated carbocycles. The van der Waals surface area contributed by atoms with Gasteiger partial charge in [0.2, 0.25) is 0 Å². The lowest BCUT2D eigenvalue weighted by atomic mass is 10.0. The highest BCUT2D eigenvalue weighted by molar-refractivity contribution is 5.21. The Hall–Kier alpha value is -1.08. The zero-order chi connectivity index (χ0) is 16.8. The van der Waals surface area contributed by atoms with Crippen molar-refractivity contribution in [2.45, 2.75) is 31.4 Å². The maximum Gasteiger partial charge on any atom is 0.129 e. The van der Waals surface area contributed by atoms with Crippen molar-refractivity contribution in [3.8, 4) is 0 Å². The quantitative estimate of drug-likeness (QED) is 0.801. The molecule has 2 rings (SSSR count). The van der Waals surface area contributed by atoms with Crippen LogP contribution in [0.4, 0.5) is 8.78 Å². The van der Waals surface area contributed by atoms with Crippen LogP contribution in [0.1, 0.15) is 30.9 Å². The van der Waals surface area contributed by atoms with Gasteiger partial charge in [0.1, 0.15) is 11.6 Å². The van der Waals surface area contributed by atoms with Crippen molar-refractivity contribution in [2.75, 3.05) is 39.8 Å². The number of nitrogens with zero attached hydrogens (tertiary/aromatic N) is 2. The summed E-state index contributed by atoms with van der Waals surface area (Å²) in [5.74, 6) is -1.11. The van der Waals surface area contributed by atoms with Gasteiger partial charge in [-0.25, -0.2) is 8.78 Å². The van der Waals surface area contributed by atoms with Crippen molar-refractivity contribution in [3.63, 3.8) is 0 Å². The summed E-state index contributed by atoms with van der Waals surface area (Å²) in [4.78, 5) is 4.35. The summed E-state index contributed by atoms with van der Waals surface area (Å²) in [6.45, 7) is 3.03. The summed E-state index contributed by atoms with van der Waals surface area (Å²) in [5.41, 5.74) is 0.0205. The first-order valence-electron chi connectivity index (χ1n) is 8.17. The second kappa shape index (κ2) is 8.68. The normalized spacial score (nSPS) is 18.5. The van der Waals surface area contributed by atoms with E-state index < -0.39 is 17.7 Å². The number of hydrogen-bond acceptors (Lipinski definition) is 4. The van der Waals surface area contributed by atoms with Gasteiger partial charge >= 0.3 is 0 Å². The van der Waals surface area contributed by atoms with Crippen molar-refractivity contribution in [2.24, 2.45) is 0 Å². The van der Waals surface area contributed by atoms with E-state index in [-0.39, 0.29) is 12.2 Å². The molecule has 1 aliphatic heterocycles. The lowest BCUT2D eigenvalue weighted by molar-refractivity contribution is 0.0710. The third-order valence-corrected chi connectivity index (χ3v) is 4.60. The molecule has 1 aromatic carbocycles. The molecular weight excluding hydrogens is 302 g/mol. The van der Waals surface area contributed by atoms with E-state index in [1.165, 1.54) is 0 Å². The van der Waals surface area contributed by atoms with Crippen LogP contribution in [0, 0.1) is 11.6 Å². The number of rotatable bonds is 7. The maximum atomic E-state index is 13.7. The van der Waals surface area contributed by atoms with Crippen LogP contribution >= 0.6 is 0 Å². The van der Waals surface area contributed by atoms with Crippen LogP contribution in [0.25, 0.3) is 0 Å². The van der Waals surface area contributed by atoms with E-state index in [2.05, 4.69) is 16.8 Å². The van der Waals surface area contributed by atoms with Gasteiger partial charge in [0.05, 0.1) is 6.10 Å². The molecule has 0 amide bonds. The van der Waals surface area contributed by atoms with Crippen molar-refractivity contribution in [1.29, 1.82) is 0 Å². The molecule has 2 N–H and O–H groups in total. The summed E-state index contributed by atoms with van der Waals surface area (Å²) >= 11 is 0. The van der Waals surface area contributed by atoms with Gasteiger partial charge in [0.15, 0.2) is 0 Å². The van der Waals surface area contributed by atoms with E-state index in [0.717, 1.165) is 57.1 Å². The number of benzene rings is 1. The van der Waals surface area contributed by atoms with Gasteiger partial charge in [-0.15, -0.1) is 0 Å². The van der Waals surface area contributed by atoms with Gasteiger partial charge in [0.25, 0.3) is 0 Å². The average molecular weight is 328 g/mol. The standard InChI is InChI=1S/C17H26F2N2O2/c1-20(7-2-10-22)14-5-8-21(9-6-14)12-17(23)15-11-13(18)3-4-16(15)19/h3-4,11,14,17,22-23H,2,5-10,12H2,1H3. The number of piperidine rings is 1. The summed E-state index contributed by atoms with van der Waals surface area (Å²) in [6, 6.07) is 3.64. The summed E-state index contributed by atoms with van der Waals surface area (Å²) in [5, 5.41) is 19.1. The molecule has 130 valence electrons. The topological polar surface area (TPSA) is 46.9 Å². The summed E-state index contributed by atoms with van der Waals surface area (Å²) < 4.78 is 26.9. The molecule has 4 nitrogen and oxygen atoms in total. The molecule has 1 saturated heterocycles. The first kappa shape index (κ1) is 18.3. The van der Waals surface area contributed by atoms with Gasteiger partial charge in [-0.2, -0.15) is 0 Å². The van der Waals surface area contributed by atoms with Crippen LogP contribution in [0.2, 0.25) is 0 Å². The lowest BCUT2D eigenvalue weighted by Gasteiger charge is -2.37. The minimum Gasteiger partial charge on any atom is -0.396 e. The van der Waals surface area contributed by atoms with E-state index in [1.54, 1.807) is 0 Å². The number of halogens is 2. The molecule has 1 fully saturated rings. The van der Waals surface area contributed by atoms with Crippen LogP contribution in [0.3, 0.4) is 0 Å². The van der Waals surface area contributed by atoms with Gasteiger partial charge in [-0.05, 0) is 57.6 Å². The first-order valence-corrected chi connectivity index (χ1v) is 8.17. The molecule has 1 heterocycles. The van der Waals surface area contributed by atoms with Crippen LogP contribution in [-0.4, -0.2) is 65.9 Å². The highest BCUT2D eigenvalue weighted by Gasteiger charge is 2.24. The number of likely N-dealkylation sites (tertiary alicyclic amines) is 1. The average Bonchev–Trinajstić information content (AvgIpc) is 2.55. The third kappa shape index (κ3) is 5.21. The Balaban J connectivity index is 1.83. The van der Waals surface area contributed by atoms with Crippen molar-refractivity contribution >= 4 is 0 Å². The predicted octanol–water partition coefficient (Wildman–Crippen LogP) is 1.78. The molecule has 1 aliphatic rings. The fourth-order valence-electron chi connectivity index (χ4n) is 3.16. The van der Waals surface area contributed by atoms with Gasteiger partial charge in [-0.1, -0.05) is 0 Å². The number of aliphatic hydroxyl groups is 2. The lowest BCUT2D eigenvalue weighted by Crippen LogP contribution is -2.44. The van der Waals surface area contributed by atoms with E-state index >= 15 is 0 Å². The van der Waals surface area contributed by atoms with Gasteiger partial charge in [-0.3, -0.25) is 0 Å². The molecule has 0 radical (unpaired) electrons. The number of β-amino-alcohol motifs (C(OH)–C–C–N with tert-alkyl or cyclic N) is 1. The summed E-state index contributed by atoms with van der Waals surface area (Å²) in [7, 11) is 2.06. The van der Waals surface area contributed by atoms with Crippen molar-refractivity contribution in [1.82, 2.24) is 9.80 Å². The molecule has 1 atom stereocenters. The SMILES string of the molecule is CN(CCCO)C1CCN(CC(O)c2cc(F)ccc2F)CC1. The summed E-state index contributed by atoms with van der Waals surface area (Å²) in [6.07, 6.45) is 1.70. The Kier molecular flexibility index (Phi) is 6.89. The fraction of sp³-hybridized carbons (Fsp3) is 0.647. The molecule has 1 aromatic rings. The van der Waals surface area contributed by atoms with Crippen LogP contribution in [0.15, 0.2) is 18.2 Å². The molecule has 1 unspecified atom stereocenters. The zero-order valence-corrected chi connectivity index (χ0v) is 13.6. The predicted molar refractivity (Wildman–Crippen MR) is 85.1 cm³/mol. The van der Waals surface area contributed by atoms with Crippen LogP contribution in [0.5, 0.6) is 0 Å². The monoisotopic (exact) mass is 328 g/mol. The maximum absolute atomic E-state index is 13.7. The first-order chi connectivity index (χ1) is 11.0. The molecule has 0 spiro atoms. The Labute approximate surface area is 136 Å². The Morgan fingerprint density at radius 1 is 1.30 bits per heavy atom. The minimum absolute atomic E-state index is 0.0205. The van der Waals surface area contributed by atoms with Crippen molar-refractivity contribution < 1.29 is 19.0 Å². The van der Waals surface area contributed by atoms with E-state index in [0.29, 0.717) is 12.6 Å². The molecule has 23 heavy (non-hydrogen) atoms. The highest BCUT2D eigenvalue weighted by Crippen LogP contribution is 2.22. The van der Waals surface area contributed by atoms with Crippen LogP contribution in [-0.2, 0) is 0 Å². The molecule has 0 aliphatic carbocycles. The number of hydrogen-bond donors (Lipinski definition) is 2. The largest absolute Gasteiger partial charge is 0.396 e. The van der Waals surface area contributed by atoms with E-state index in [1.807, 2.05) is 0 Å². The second-order valence-electron chi connectivity index (χ2n) is 6.27. The van der Waals surface area contributed by atoms with Gasteiger partial charge in [0, 0.05) is 31.3 Å². The van der Waals surface area contributed by atoms with Crippen molar-refractivity contribution in [3.05, 3.63) is 35.4 Å². The van der Waals surface area contributed by atoms with E-state index in [4.69, 9.17) is 5.11 Å². The Bertz CT molecular complexity index is 493. The number of aliphatic hydroxyl groups excluding tert-OH is 2. The Morgan fingerprint density at radius 2 is 2.00 bits per heavy atom. The zero-order valence-electron chi connectivity index (χ0n) is 13.6. The van der Waals surface area contributed by atoms with E-state index in [9.17, 15) is 13.9 Å². The minimum atomic E-state index is -1.02. The smallest absolute Gasteiger partial charge is 0.129 e. The van der Waals surface area contributed by atoms with Gasteiger partial charge < -0.3 is 20.0 Å². The molecule has 6 heteroatoms. The second-order valence-corrected chi connectivity index (χ2v) is 6.27. The highest BCUT2D eigenvalue weighted by atomic mass is 19.1. The van der Waals surface area contributed by atoms with Crippen LogP contribution < -0.4 is 0 Å². The Morgan fingerprint density at radius 3 is 2.65 bits per heavy atom. The molecular formula is C17H26F2N2O2. The molecule has 0 aromatic heterocycles.